The summed E-state index contributed by atoms with van der Waals surface area (Å²) in [6.45, 7) is 1.93. The third-order valence-corrected chi connectivity index (χ3v) is 6.23. The van der Waals surface area contributed by atoms with Gasteiger partial charge in [-0.25, -0.2) is 8.42 Å². The molecule has 1 aliphatic rings. The summed E-state index contributed by atoms with van der Waals surface area (Å²) in [6.07, 6.45) is 3.57. The van der Waals surface area contributed by atoms with E-state index in [4.69, 9.17) is 5.73 Å². The molecule has 7 heteroatoms. The largest absolute Gasteiger partial charge is 0.349 e. The molecule has 1 aliphatic carbocycles. The molecule has 0 saturated heterocycles. The van der Waals surface area contributed by atoms with Crippen molar-refractivity contribution < 1.29 is 13.2 Å². The van der Waals surface area contributed by atoms with Crippen molar-refractivity contribution in [1.29, 1.82) is 0 Å². The predicted octanol–water partition coefficient (Wildman–Crippen LogP) is 2.80. The number of sulfonamides is 1. The number of hydrogen-bond acceptors (Lipinski definition) is 4. The van der Waals surface area contributed by atoms with E-state index in [1.54, 1.807) is 12.1 Å². The number of carbonyl (C=O) groups is 1. The number of rotatable bonds is 5. The van der Waals surface area contributed by atoms with E-state index < -0.39 is 10.0 Å². The number of hydrogen-bond donors (Lipinski definition) is 3. The zero-order valence-corrected chi connectivity index (χ0v) is 16.1. The predicted molar refractivity (Wildman–Crippen MR) is 106 cm³/mol. The molecule has 2 aromatic carbocycles. The average Bonchev–Trinajstić information content (AvgIpc) is 2.65. The van der Waals surface area contributed by atoms with Crippen molar-refractivity contribution in [3.05, 3.63) is 59.7 Å². The second kappa shape index (κ2) is 8.10. The van der Waals surface area contributed by atoms with Gasteiger partial charge in [0.05, 0.1) is 4.90 Å². The van der Waals surface area contributed by atoms with Crippen LogP contribution in [0.3, 0.4) is 0 Å². The summed E-state index contributed by atoms with van der Waals surface area (Å²) in [4.78, 5) is 12.5. The summed E-state index contributed by atoms with van der Waals surface area (Å²) < 4.78 is 27.5. The lowest BCUT2D eigenvalue weighted by Gasteiger charge is -2.26. The number of nitrogens with two attached hydrogens (primary N) is 1. The molecule has 1 saturated carbocycles. The van der Waals surface area contributed by atoms with Crippen molar-refractivity contribution in [2.75, 3.05) is 4.72 Å². The van der Waals surface area contributed by atoms with Crippen molar-refractivity contribution in [2.45, 2.75) is 49.6 Å². The van der Waals surface area contributed by atoms with Crippen molar-refractivity contribution >= 4 is 21.6 Å². The van der Waals surface area contributed by atoms with E-state index in [1.165, 1.54) is 24.3 Å². The van der Waals surface area contributed by atoms with Gasteiger partial charge in [-0.15, -0.1) is 0 Å². The maximum absolute atomic E-state index is 12.5. The van der Waals surface area contributed by atoms with Gasteiger partial charge in [0.15, 0.2) is 0 Å². The van der Waals surface area contributed by atoms with E-state index in [1.807, 2.05) is 19.1 Å². The summed E-state index contributed by atoms with van der Waals surface area (Å²) >= 11 is 0. The Bertz CT molecular complexity index is 885. The van der Waals surface area contributed by atoms with Gasteiger partial charge < -0.3 is 11.1 Å². The Hall–Kier alpha value is -2.38. The summed E-state index contributed by atoms with van der Waals surface area (Å²) in [7, 11) is -3.70. The first-order valence-electron chi connectivity index (χ1n) is 9.09. The van der Waals surface area contributed by atoms with Crippen molar-refractivity contribution in [3.8, 4) is 0 Å². The normalized spacial score (nSPS) is 20.1. The minimum Gasteiger partial charge on any atom is -0.349 e. The zero-order chi connectivity index (χ0) is 19.4. The van der Waals surface area contributed by atoms with Crippen LogP contribution in [0, 0.1) is 6.92 Å². The molecule has 3 rings (SSSR count). The highest BCUT2D eigenvalue weighted by Gasteiger charge is 2.21. The van der Waals surface area contributed by atoms with Crippen LogP contribution in [-0.4, -0.2) is 26.4 Å². The highest BCUT2D eigenvalue weighted by molar-refractivity contribution is 7.92. The van der Waals surface area contributed by atoms with E-state index in [0.717, 1.165) is 31.2 Å². The molecule has 6 nitrogen and oxygen atoms in total. The molecule has 144 valence electrons. The molecule has 4 N–H and O–H groups in total. The Balaban J connectivity index is 1.65. The highest BCUT2D eigenvalue weighted by atomic mass is 32.2. The van der Waals surface area contributed by atoms with Gasteiger partial charge >= 0.3 is 0 Å². The molecule has 0 heterocycles. The standard InChI is InChI=1S/C20H25N3O3S/c1-14-2-8-18(9-3-14)23-27(25,26)19-12-4-15(5-13-19)20(24)22-17-10-6-16(21)7-11-17/h2-5,8-9,12-13,16-17,23H,6-7,10-11,21H2,1H3,(H,22,24). The molecule has 0 unspecified atom stereocenters. The molecule has 0 atom stereocenters. The number of anilines is 1. The van der Waals surface area contributed by atoms with Gasteiger partial charge in [-0.2, -0.15) is 0 Å². The second-order valence-corrected chi connectivity index (χ2v) is 8.76. The Morgan fingerprint density at radius 1 is 0.963 bits per heavy atom. The average molecular weight is 388 g/mol. The third kappa shape index (κ3) is 5.08. The lowest BCUT2D eigenvalue weighted by Crippen LogP contribution is -2.40. The Morgan fingerprint density at radius 2 is 1.56 bits per heavy atom. The van der Waals surface area contributed by atoms with Gasteiger partial charge in [0.1, 0.15) is 0 Å². The topological polar surface area (TPSA) is 101 Å². The van der Waals surface area contributed by atoms with Gasteiger partial charge in [0, 0.05) is 23.3 Å². The van der Waals surface area contributed by atoms with E-state index in [-0.39, 0.29) is 22.9 Å². The third-order valence-electron chi connectivity index (χ3n) is 4.84. The number of amides is 1. The molecule has 0 radical (unpaired) electrons. The van der Waals surface area contributed by atoms with Crippen LogP contribution in [0.1, 0.15) is 41.6 Å². The van der Waals surface area contributed by atoms with Crippen LogP contribution in [0.2, 0.25) is 0 Å². The molecule has 1 fully saturated rings. The minimum atomic E-state index is -3.70. The lowest BCUT2D eigenvalue weighted by atomic mass is 9.91. The first kappa shape index (κ1) is 19.4. The Morgan fingerprint density at radius 3 is 2.15 bits per heavy atom. The zero-order valence-electron chi connectivity index (χ0n) is 15.3. The maximum atomic E-state index is 12.5. The Labute approximate surface area is 160 Å². The summed E-state index contributed by atoms with van der Waals surface area (Å²) in [6, 6.07) is 13.4. The number of benzene rings is 2. The molecule has 2 aromatic rings. The van der Waals surface area contributed by atoms with Gasteiger partial charge in [-0.3, -0.25) is 9.52 Å². The van der Waals surface area contributed by atoms with Gasteiger partial charge in [0.25, 0.3) is 15.9 Å². The lowest BCUT2D eigenvalue weighted by molar-refractivity contribution is 0.0926. The fourth-order valence-corrected chi connectivity index (χ4v) is 4.21. The molecule has 1 amide bonds. The SMILES string of the molecule is Cc1ccc(NS(=O)(=O)c2ccc(C(=O)NC3CCC(N)CC3)cc2)cc1. The fraction of sp³-hybridized carbons (Fsp3) is 0.350. The van der Waals surface area contributed by atoms with E-state index >= 15 is 0 Å². The summed E-state index contributed by atoms with van der Waals surface area (Å²) in [5, 5.41) is 3.00. The van der Waals surface area contributed by atoms with Gasteiger partial charge in [-0.05, 0) is 69.0 Å². The second-order valence-electron chi connectivity index (χ2n) is 7.08. The van der Waals surface area contributed by atoms with E-state index in [2.05, 4.69) is 10.0 Å². The quantitative estimate of drug-likeness (QED) is 0.734. The maximum Gasteiger partial charge on any atom is 0.261 e. The first-order chi connectivity index (χ1) is 12.8. The van der Waals surface area contributed by atoms with Crippen LogP contribution in [0.15, 0.2) is 53.4 Å². The molecular weight excluding hydrogens is 362 g/mol. The van der Waals surface area contributed by atoms with Crippen LogP contribution in [-0.2, 0) is 10.0 Å². The molecule has 0 aliphatic heterocycles. The number of aryl methyl sites for hydroxylation is 1. The van der Waals surface area contributed by atoms with E-state index in [9.17, 15) is 13.2 Å². The number of carbonyl (C=O) groups excluding carboxylic acids is 1. The smallest absolute Gasteiger partial charge is 0.261 e. The number of nitrogens with one attached hydrogen (secondary N) is 2. The van der Waals surface area contributed by atoms with Gasteiger partial charge in [-0.1, -0.05) is 17.7 Å². The fourth-order valence-electron chi connectivity index (χ4n) is 3.15. The molecule has 27 heavy (non-hydrogen) atoms. The van der Waals surface area contributed by atoms with Crippen molar-refractivity contribution in [2.24, 2.45) is 5.73 Å². The van der Waals surface area contributed by atoms with Crippen LogP contribution < -0.4 is 15.8 Å². The van der Waals surface area contributed by atoms with Crippen LogP contribution in [0.5, 0.6) is 0 Å². The minimum absolute atomic E-state index is 0.114. The Kier molecular flexibility index (Phi) is 5.82. The monoisotopic (exact) mass is 387 g/mol. The molecular formula is C20H25N3O3S. The summed E-state index contributed by atoms with van der Waals surface area (Å²) in [5.74, 6) is -0.189. The first-order valence-corrected chi connectivity index (χ1v) is 10.6. The van der Waals surface area contributed by atoms with Crippen LogP contribution in [0.4, 0.5) is 5.69 Å². The highest BCUT2D eigenvalue weighted by Crippen LogP contribution is 2.19. The summed E-state index contributed by atoms with van der Waals surface area (Å²) in [5.41, 5.74) is 7.87. The van der Waals surface area contributed by atoms with Crippen molar-refractivity contribution in [3.63, 3.8) is 0 Å². The van der Waals surface area contributed by atoms with Crippen molar-refractivity contribution in [1.82, 2.24) is 5.32 Å². The molecule has 0 spiro atoms. The molecule has 0 bridgehead atoms. The van der Waals surface area contributed by atoms with Gasteiger partial charge in [0.2, 0.25) is 0 Å². The van der Waals surface area contributed by atoms with Crippen LogP contribution in [0.25, 0.3) is 0 Å². The van der Waals surface area contributed by atoms with Crippen LogP contribution >= 0.6 is 0 Å². The molecule has 0 aromatic heterocycles. The van der Waals surface area contributed by atoms with E-state index in [0.29, 0.717) is 11.3 Å².